The topological polar surface area (TPSA) is 72.2 Å². The van der Waals surface area contributed by atoms with Gasteiger partial charge in [-0.1, -0.05) is 16.8 Å². The molecule has 1 N–H and O–H groups in total. The minimum atomic E-state index is -3.48. The smallest absolute Gasteiger partial charge is 0.250 e. The molecule has 7 heteroatoms. The van der Waals surface area contributed by atoms with Gasteiger partial charge in [0.1, 0.15) is 4.21 Å². The van der Waals surface area contributed by atoms with Crippen LogP contribution in [-0.4, -0.2) is 20.1 Å². The molecule has 0 amide bonds. The largest absolute Gasteiger partial charge is 0.355 e. The second-order valence-electron chi connectivity index (χ2n) is 6.10. The zero-order valence-corrected chi connectivity index (χ0v) is 15.6. The molecule has 0 saturated heterocycles. The minimum Gasteiger partial charge on any atom is -0.355 e. The van der Waals surface area contributed by atoms with Crippen LogP contribution in [0.4, 0.5) is 0 Å². The molecule has 130 valence electrons. The molecule has 1 aliphatic rings. The highest BCUT2D eigenvalue weighted by atomic mass is 32.2. The maximum absolute atomic E-state index is 12.4. The van der Waals surface area contributed by atoms with Gasteiger partial charge < -0.3 is 4.52 Å². The molecule has 0 atom stereocenters. The van der Waals surface area contributed by atoms with Crippen LogP contribution in [0.3, 0.4) is 0 Å². The Morgan fingerprint density at radius 1 is 1.29 bits per heavy atom. The van der Waals surface area contributed by atoms with Gasteiger partial charge in [0, 0.05) is 12.1 Å². The fourth-order valence-electron chi connectivity index (χ4n) is 2.78. The first-order valence-corrected chi connectivity index (χ1v) is 10.5. The van der Waals surface area contributed by atoms with Gasteiger partial charge in [0.25, 0.3) is 0 Å². The molecule has 0 radical (unpaired) electrons. The number of sulfonamides is 1. The van der Waals surface area contributed by atoms with Crippen molar-refractivity contribution in [3.8, 4) is 10.6 Å². The average molecular weight is 367 g/mol. The summed E-state index contributed by atoms with van der Waals surface area (Å²) in [5.74, 6) is 0.645. The monoisotopic (exact) mass is 366 g/mol. The van der Waals surface area contributed by atoms with Gasteiger partial charge in [-0.25, -0.2) is 13.1 Å². The zero-order valence-electron chi connectivity index (χ0n) is 14.0. The van der Waals surface area contributed by atoms with E-state index < -0.39 is 10.0 Å². The Morgan fingerprint density at radius 2 is 2.12 bits per heavy atom. The Hall–Kier alpha value is -1.44. The summed E-state index contributed by atoms with van der Waals surface area (Å²) in [7, 11) is -3.48. The quantitative estimate of drug-likeness (QED) is 0.778. The molecule has 0 aromatic carbocycles. The van der Waals surface area contributed by atoms with Crippen molar-refractivity contribution in [2.45, 2.75) is 50.2 Å². The molecule has 24 heavy (non-hydrogen) atoms. The number of rotatable bonds is 6. The van der Waals surface area contributed by atoms with Crippen LogP contribution in [-0.2, 0) is 10.0 Å². The van der Waals surface area contributed by atoms with Crippen molar-refractivity contribution in [3.05, 3.63) is 35.0 Å². The van der Waals surface area contributed by atoms with Gasteiger partial charge in [0.15, 0.2) is 5.76 Å². The van der Waals surface area contributed by atoms with Crippen LogP contribution in [0.2, 0.25) is 0 Å². The summed E-state index contributed by atoms with van der Waals surface area (Å²) in [6, 6.07) is 3.40. The molecule has 3 rings (SSSR count). The highest BCUT2D eigenvalue weighted by Crippen LogP contribution is 2.33. The fourth-order valence-corrected chi connectivity index (χ4v) is 5.20. The SMILES string of the molecule is Cc1noc(-c2ccc(S(=O)(=O)NCCC3=CCCCC3)s2)c1C. The first-order valence-electron chi connectivity index (χ1n) is 8.18. The van der Waals surface area contributed by atoms with Crippen molar-refractivity contribution in [3.63, 3.8) is 0 Å². The highest BCUT2D eigenvalue weighted by Gasteiger charge is 2.20. The lowest BCUT2D eigenvalue weighted by Crippen LogP contribution is -2.24. The maximum atomic E-state index is 12.4. The number of hydrogen-bond acceptors (Lipinski definition) is 5. The first-order chi connectivity index (χ1) is 11.5. The summed E-state index contributed by atoms with van der Waals surface area (Å²) in [5.41, 5.74) is 3.13. The number of aromatic nitrogens is 1. The Morgan fingerprint density at radius 3 is 2.79 bits per heavy atom. The molecular formula is C17H22N2O3S2. The molecule has 2 aromatic heterocycles. The molecule has 5 nitrogen and oxygen atoms in total. The minimum absolute atomic E-state index is 0.309. The van der Waals surface area contributed by atoms with Crippen LogP contribution in [0.5, 0.6) is 0 Å². The second kappa shape index (κ2) is 7.21. The van der Waals surface area contributed by atoms with Gasteiger partial charge in [-0.05, 0) is 58.1 Å². The third-order valence-electron chi connectivity index (χ3n) is 4.35. The lowest BCUT2D eigenvalue weighted by molar-refractivity contribution is 0.427. The van der Waals surface area contributed by atoms with E-state index in [1.54, 1.807) is 12.1 Å². The van der Waals surface area contributed by atoms with Crippen LogP contribution >= 0.6 is 11.3 Å². The molecule has 0 spiro atoms. The number of nitrogens with one attached hydrogen (secondary N) is 1. The summed E-state index contributed by atoms with van der Waals surface area (Å²) in [5, 5.41) is 3.93. The lowest BCUT2D eigenvalue weighted by Gasteiger charge is -2.12. The number of allylic oxidation sites excluding steroid dienone is 1. The first kappa shape index (κ1) is 17.4. The van der Waals surface area contributed by atoms with Crippen molar-refractivity contribution in [1.29, 1.82) is 0 Å². The summed E-state index contributed by atoms with van der Waals surface area (Å²) in [6.07, 6.45) is 7.70. The standard InChI is InChI=1S/C17H22N2O3S2/c1-12-13(2)19-22-17(12)15-8-9-16(23-15)24(20,21)18-11-10-14-6-4-3-5-7-14/h6,8-9,18H,3-5,7,10-11H2,1-2H3. The summed E-state index contributed by atoms with van der Waals surface area (Å²) in [4.78, 5) is 0.781. The summed E-state index contributed by atoms with van der Waals surface area (Å²) < 4.78 is 33.2. The van der Waals surface area contributed by atoms with Gasteiger partial charge in [-0.3, -0.25) is 0 Å². The van der Waals surface area contributed by atoms with Crippen molar-refractivity contribution in [2.75, 3.05) is 6.54 Å². The molecule has 2 aromatic rings. The van der Waals surface area contributed by atoms with Gasteiger partial charge in [0.05, 0.1) is 10.6 Å². The van der Waals surface area contributed by atoms with Gasteiger partial charge in [-0.2, -0.15) is 0 Å². The van der Waals surface area contributed by atoms with E-state index in [0.29, 0.717) is 16.5 Å². The Kier molecular flexibility index (Phi) is 5.22. The summed E-state index contributed by atoms with van der Waals surface area (Å²) in [6.45, 7) is 4.24. The van der Waals surface area contributed by atoms with E-state index in [9.17, 15) is 8.42 Å². The molecular weight excluding hydrogens is 344 g/mol. The van der Waals surface area contributed by atoms with E-state index in [4.69, 9.17) is 4.52 Å². The maximum Gasteiger partial charge on any atom is 0.250 e. The number of thiophene rings is 1. The average Bonchev–Trinajstić information content (AvgIpc) is 3.17. The molecule has 0 aliphatic heterocycles. The van der Waals surface area contributed by atoms with E-state index >= 15 is 0 Å². The Bertz CT molecular complexity index is 847. The van der Waals surface area contributed by atoms with E-state index in [0.717, 1.165) is 35.4 Å². The predicted molar refractivity (Wildman–Crippen MR) is 95.6 cm³/mol. The van der Waals surface area contributed by atoms with E-state index in [2.05, 4.69) is 16.0 Å². The molecule has 0 saturated carbocycles. The van der Waals surface area contributed by atoms with Crippen molar-refractivity contribution in [1.82, 2.24) is 9.88 Å². The van der Waals surface area contributed by atoms with Gasteiger partial charge in [-0.15, -0.1) is 11.3 Å². The Labute approximate surface area is 146 Å². The van der Waals surface area contributed by atoms with Crippen LogP contribution in [0.25, 0.3) is 10.6 Å². The number of nitrogens with zero attached hydrogens (tertiary/aromatic N) is 1. The second-order valence-corrected chi connectivity index (χ2v) is 9.17. The predicted octanol–water partition coefficient (Wildman–Crippen LogP) is 4.19. The van der Waals surface area contributed by atoms with E-state index in [1.165, 1.54) is 29.8 Å². The van der Waals surface area contributed by atoms with Crippen LogP contribution in [0.15, 0.2) is 32.5 Å². The third-order valence-corrected chi connectivity index (χ3v) is 7.39. The van der Waals surface area contributed by atoms with Crippen molar-refractivity contribution in [2.24, 2.45) is 0 Å². The van der Waals surface area contributed by atoms with Crippen molar-refractivity contribution >= 4 is 21.4 Å². The highest BCUT2D eigenvalue weighted by molar-refractivity contribution is 7.91. The van der Waals surface area contributed by atoms with Gasteiger partial charge >= 0.3 is 0 Å². The molecule has 2 heterocycles. The van der Waals surface area contributed by atoms with Crippen LogP contribution < -0.4 is 4.72 Å². The summed E-state index contributed by atoms with van der Waals surface area (Å²) >= 11 is 1.21. The molecule has 0 unspecified atom stereocenters. The normalized spacial score (nSPS) is 15.5. The Balaban J connectivity index is 1.67. The number of hydrogen-bond donors (Lipinski definition) is 1. The molecule has 0 fully saturated rings. The fraction of sp³-hybridized carbons (Fsp3) is 0.471. The van der Waals surface area contributed by atoms with E-state index in [1.807, 2.05) is 13.8 Å². The molecule has 0 bridgehead atoms. The lowest BCUT2D eigenvalue weighted by atomic mass is 9.97. The van der Waals surface area contributed by atoms with Crippen molar-refractivity contribution < 1.29 is 12.9 Å². The molecule has 1 aliphatic carbocycles. The zero-order chi connectivity index (χ0) is 17.2. The van der Waals surface area contributed by atoms with Gasteiger partial charge in [0.2, 0.25) is 10.0 Å². The third kappa shape index (κ3) is 3.79. The number of aryl methyl sites for hydroxylation is 1. The van der Waals surface area contributed by atoms with Crippen LogP contribution in [0.1, 0.15) is 43.4 Å². The van der Waals surface area contributed by atoms with E-state index in [-0.39, 0.29) is 0 Å². The van der Waals surface area contributed by atoms with Crippen LogP contribution in [0, 0.1) is 13.8 Å².